The third-order valence-corrected chi connectivity index (χ3v) is 4.33. The SMILES string of the molecule is Cn1c(SCc2cc(=O)oc3cc(O)ccc23)nnc1C(F)(F)F. The van der Waals surface area contributed by atoms with Gasteiger partial charge >= 0.3 is 11.8 Å². The zero-order chi connectivity index (χ0) is 17.5. The summed E-state index contributed by atoms with van der Waals surface area (Å²) in [5, 5.41) is 16.8. The Morgan fingerprint density at radius 3 is 2.71 bits per heavy atom. The zero-order valence-electron chi connectivity index (χ0n) is 12.2. The fraction of sp³-hybridized carbons (Fsp3) is 0.214. The fourth-order valence-electron chi connectivity index (χ4n) is 2.17. The summed E-state index contributed by atoms with van der Waals surface area (Å²) in [5.41, 5.74) is 0.146. The van der Waals surface area contributed by atoms with Crippen LogP contribution in [0.15, 0.2) is 38.6 Å². The number of fused-ring (bicyclic) bond motifs is 1. The molecule has 0 atom stereocenters. The number of benzene rings is 1. The summed E-state index contributed by atoms with van der Waals surface area (Å²) in [6.07, 6.45) is -4.58. The Bertz CT molecular complexity index is 965. The predicted molar refractivity (Wildman–Crippen MR) is 79.7 cm³/mol. The molecule has 2 aromatic heterocycles. The molecule has 3 rings (SSSR count). The topological polar surface area (TPSA) is 81.2 Å². The van der Waals surface area contributed by atoms with Gasteiger partial charge in [0, 0.05) is 30.3 Å². The Morgan fingerprint density at radius 2 is 2.04 bits per heavy atom. The highest BCUT2D eigenvalue weighted by Gasteiger charge is 2.37. The molecule has 2 heterocycles. The van der Waals surface area contributed by atoms with Gasteiger partial charge in [-0.3, -0.25) is 0 Å². The number of aromatic hydroxyl groups is 1. The van der Waals surface area contributed by atoms with Gasteiger partial charge in [-0.2, -0.15) is 13.2 Å². The van der Waals surface area contributed by atoms with Gasteiger partial charge in [-0.25, -0.2) is 4.79 Å². The lowest BCUT2D eigenvalue weighted by Crippen LogP contribution is -2.13. The highest BCUT2D eigenvalue weighted by molar-refractivity contribution is 7.98. The van der Waals surface area contributed by atoms with Gasteiger partial charge in [0.25, 0.3) is 0 Å². The summed E-state index contributed by atoms with van der Waals surface area (Å²) >= 11 is 1.01. The Balaban J connectivity index is 1.92. The van der Waals surface area contributed by atoms with Crippen LogP contribution in [-0.2, 0) is 19.0 Å². The summed E-state index contributed by atoms with van der Waals surface area (Å²) in [4.78, 5) is 11.6. The summed E-state index contributed by atoms with van der Waals surface area (Å²) in [6.45, 7) is 0. The largest absolute Gasteiger partial charge is 0.508 e. The molecule has 0 radical (unpaired) electrons. The van der Waals surface area contributed by atoms with Crippen molar-refractivity contribution in [3.8, 4) is 5.75 Å². The minimum Gasteiger partial charge on any atom is -0.508 e. The monoisotopic (exact) mass is 357 g/mol. The standard InChI is InChI=1S/C14H10F3N3O3S/c1-20-12(14(15,16)17)18-19-13(20)24-6-7-4-11(22)23-10-5-8(21)2-3-9(7)10/h2-5,21H,6H2,1H3. The van der Waals surface area contributed by atoms with E-state index in [1.807, 2.05) is 0 Å². The molecule has 1 aromatic carbocycles. The number of thioether (sulfide) groups is 1. The summed E-state index contributed by atoms with van der Waals surface area (Å²) in [7, 11) is 1.22. The number of alkyl halides is 3. The molecule has 0 aliphatic heterocycles. The summed E-state index contributed by atoms with van der Waals surface area (Å²) < 4.78 is 44.0. The Hall–Kier alpha value is -2.49. The van der Waals surface area contributed by atoms with Gasteiger partial charge in [-0.05, 0) is 17.7 Å². The summed E-state index contributed by atoms with van der Waals surface area (Å²) in [6, 6.07) is 5.56. The first-order valence-electron chi connectivity index (χ1n) is 6.61. The maximum atomic E-state index is 12.7. The third kappa shape index (κ3) is 3.09. The first-order valence-corrected chi connectivity index (χ1v) is 7.59. The second-order valence-corrected chi connectivity index (χ2v) is 5.87. The number of halogens is 3. The van der Waals surface area contributed by atoms with Crippen LogP contribution in [-0.4, -0.2) is 19.9 Å². The Morgan fingerprint density at radius 1 is 1.29 bits per heavy atom. The molecule has 0 fully saturated rings. The van der Waals surface area contributed by atoms with Crippen LogP contribution >= 0.6 is 11.8 Å². The first-order chi connectivity index (χ1) is 11.3. The van der Waals surface area contributed by atoms with E-state index in [9.17, 15) is 23.1 Å². The van der Waals surface area contributed by atoms with Crippen LogP contribution in [0.3, 0.4) is 0 Å². The minimum atomic E-state index is -4.58. The van der Waals surface area contributed by atoms with Crippen molar-refractivity contribution in [3.05, 3.63) is 46.1 Å². The van der Waals surface area contributed by atoms with E-state index in [-0.39, 0.29) is 22.2 Å². The van der Waals surface area contributed by atoms with Crippen LogP contribution in [0.25, 0.3) is 11.0 Å². The average Bonchev–Trinajstić information content (AvgIpc) is 2.85. The molecule has 0 amide bonds. The molecule has 0 aliphatic carbocycles. The van der Waals surface area contributed by atoms with Crippen LogP contribution in [0.4, 0.5) is 13.2 Å². The van der Waals surface area contributed by atoms with Crippen molar-refractivity contribution in [1.29, 1.82) is 0 Å². The molecule has 126 valence electrons. The van der Waals surface area contributed by atoms with Crippen molar-refractivity contribution in [2.24, 2.45) is 7.05 Å². The van der Waals surface area contributed by atoms with Crippen LogP contribution in [0.5, 0.6) is 5.75 Å². The molecule has 6 nitrogen and oxygen atoms in total. The fourth-order valence-corrected chi connectivity index (χ4v) is 3.07. The number of rotatable bonds is 3. The average molecular weight is 357 g/mol. The van der Waals surface area contributed by atoms with Crippen molar-refractivity contribution < 1.29 is 22.7 Å². The first kappa shape index (κ1) is 16.4. The molecular weight excluding hydrogens is 347 g/mol. The van der Waals surface area contributed by atoms with Crippen molar-refractivity contribution in [2.75, 3.05) is 0 Å². The zero-order valence-corrected chi connectivity index (χ0v) is 13.0. The predicted octanol–water partition coefficient (Wildman–Crippen LogP) is 2.94. The smallest absolute Gasteiger partial charge is 0.451 e. The number of hydrogen-bond donors (Lipinski definition) is 1. The van der Waals surface area contributed by atoms with Crippen LogP contribution in [0, 0.1) is 0 Å². The summed E-state index contributed by atoms with van der Waals surface area (Å²) in [5.74, 6) is -0.956. The van der Waals surface area contributed by atoms with Crippen LogP contribution in [0.1, 0.15) is 11.4 Å². The van der Waals surface area contributed by atoms with Gasteiger partial charge in [0.1, 0.15) is 11.3 Å². The molecule has 0 spiro atoms. The Kier molecular flexibility index (Phi) is 3.99. The van der Waals surface area contributed by atoms with E-state index >= 15 is 0 Å². The quantitative estimate of drug-likeness (QED) is 0.573. The molecular formula is C14H10F3N3O3S. The molecule has 0 saturated heterocycles. The maximum Gasteiger partial charge on any atom is 0.451 e. The number of nitrogens with zero attached hydrogens (tertiary/aromatic N) is 3. The highest BCUT2D eigenvalue weighted by atomic mass is 32.2. The van der Waals surface area contributed by atoms with Crippen LogP contribution in [0.2, 0.25) is 0 Å². The lowest BCUT2D eigenvalue weighted by molar-refractivity contribution is -0.147. The van der Waals surface area contributed by atoms with Crippen molar-refractivity contribution in [2.45, 2.75) is 17.1 Å². The van der Waals surface area contributed by atoms with Gasteiger partial charge < -0.3 is 14.1 Å². The maximum absolute atomic E-state index is 12.7. The van der Waals surface area contributed by atoms with Gasteiger partial charge in [-0.15, -0.1) is 10.2 Å². The van der Waals surface area contributed by atoms with E-state index < -0.39 is 17.6 Å². The third-order valence-electron chi connectivity index (χ3n) is 3.26. The molecule has 10 heteroatoms. The molecule has 1 N–H and O–H groups in total. The van der Waals surface area contributed by atoms with E-state index in [1.165, 1.54) is 25.2 Å². The second-order valence-electron chi connectivity index (χ2n) is 4.92. The molecule has 3 aromatic rings. The number of hydrogen-bond acceptors (Lipinski definition) is 6. The van der Waals surface area contributed by atoms with E-state index in [2.05, 4.69) is 10.2 Å². The van der Waals surface area contributed by atoms with Crippen LogP contribution < -0.4 is 5.63 Å². The minimum absolute atomic E-state index is 0.0569. The second kappa shape index (κ2) is 5.86. The van der Waals surface area contributed by atoms with Crippen molar-refractivity contribution in [3.63, 3.8) is 0 Å². The molecule has 0 aliphatic rings. The van der Waals surface area contributed by atoms with E-state index in [4.69, 9.17) is 4.42 Å². The van der Waals surface area contributed by atoms with Crippen molar-refractivity contribution >= 4 is 22.7 Å². The Labute approximate surface area is 136 Å². The normalized spacial score (nSPS) is 12.0. The van der Waals surface area contributed by atoms with E-state index in [0.29, 0.717) is 10.9 Å². The van der Waals surface area contributed by atoms with E-state index in [1.54, 1.807) is 6.07 Å². The number of aromatic nitrogens is 3. The van der Waals surface area contributed by atoms with Gasteiger partial charge in [0.05, 0.1) is 0 Å². The molecule has 0 unspecified atom stereocenters. The molecule has 0 bridgehead atoms. The lowest BCUT2D eigenvalue weighted by Gasteiger charge is -2.07. The van der Waals surface area contributed by atoms with E-state index in [0.717, 1.165) is 16.3 Å². The molecule has 24 heavy (non-hydrogen) atoms. The lowest BCUT2D eigenvalue weighted by atomic mass is 10.1. The van der Waals surface area contributed by atoms with Crippen molar-refractivity contribution in [1.82, 2.24) is 14.8 Å². The highest BCUT2D eigenvalue weighted by Crippen LogP contribution is 2.31. The number of phenolic OH excluding ortho intramolecular Hbond substituents is 1. The van der Waals surface area contributed by atoms with Gasteiger partial charge in [0.2, 0.25) is 5.82 Å². The van der Waals surface area contributed by atoms with Gasteiger partial charge in [0.15, 0.2) is 5.16 Å². The molecule has 0 saturated carbocycles. The number of phenols is 1. The van der Waals surface area contributed by atoms with Gasteiger partial charge in [-0.1, -0.05) is 11.8 Å².